The van der Waals surface area contributed by atoms with Crippen molar-refractivity contribution in [1.82, 2.24) is 5.32 Å². The van der Waals surface area contributed by atoms with Crippen molar-refractivity contribution in [2.24, 2.45) is 4.99 Å². The number of aliphatic imine (C=N–C) groups is 1. The van der Waals surface area contributed by atoms with Crippen LogP contribution in [0.1, 0.15) is 0 Å². The van der Waals surface area contributed by atoms with Gasteiger partial charge in [-0.25, -0.2) is 4.99 Å². The van der Waals surface area contributed by atoms with Crippen molar-refractivity contribution in [2.45, 2.75) is 30.6 Å². The van der Waals surface area contributed by atoms with Gasteiger partial charge in [0.05, 0.1) is 6.61 Å². The highest BCUT2D eigenvalue weighted by atomic mass is 16.7. The number of nitrogens with zero attached hydrogens (tertiary/aromatic N) is 1. The molecule has 2 aliphatic rings. The molecule has 5 atom stereocenters. The molecule has 7 nitrogen and oxygen atoms in total. The maximum atomic E-state index is 9.72. The molecule has 4 N–H and O–H groups in total. The van der Waals surface area contributed by atoms with Crippen LogP contribution in [0.2, 0.25) is 0 Å². The third kappa shape index (κ3) is 1.67. The largest absolute Gasteiger partial charge is 0.433 e. The number of fused-ring (bicyclic) bond motifs is 1. The summed E-state index contributed by atoms with van der Waals surface area (Å²) in [6, 6.07) is -0.295. The van der Waals surface area contributed by atoms with Gasteiger partial charge in [-0.1, -0.05) is 0 Å². The zero-order valence-electron chi connectivity index (χ0n) is 8.20. The Hall–Kier alpha value is -0.890. The number of aliphatic hydroxyl groups excluding tert-OH is 3. The minimum Gasteiger partial charge on any atom is -0.433 e. The molecule has 0 aromatic carbocycles. The Morgan fingerprint density at radius 3 is 2.73 bits per heavy atom. The Labute approximate surface area is 86.3 Å². The Morgan fingerprint density at radius 2 is 2.13 bits per heavy atom. The molecule has 0 aromatic heterocycles. The zero-order chi connectivity index (χ0) is 11.0. The van der Waals surface area contributed by atoms with Gasteiger partial charge in [0, 0.05) is 7.05 Å². The Kier molecular flexibility index (Phi) is 2.79. The fraction of sp³-hybridized carbons (Fsp3) is 0.875. The van der Waals surface area contributed by atoms with E-state index in [1.54, 1.807) is 0 Å². The molecule has 2 rings (SSSR count). The second-order valence-corrected chi connectivity index (χ2v) is 3.52. The highest BCUT2D eigenvalue weighted by Crippen LogP contribution is 2.25. The fourth-order valence-electron chi connectivity index (χ4n) is 1.74. The van der Waals surface area contributed by atoms with E-state index >= 15 is 0 Å². The van der Waals surface area contributed by atoms with Crippen molar-refractivity contribution in [3.05, 3.63) is 0 Å². The van der Waals surface area contributed by atoms with Gasteiger partial charge in [0.25, 0.3) is 6.02 Å². The summed E-state index contributed by atoms with van der Waals surface area (Å²) in [5.41, 5.74) is 0. The molecule has 0 aromatic rings. The minimum atomic E-state index is -1.14. The average Bonchev–Trinajstić information content (AvgIpc) is 2.66. The van der Waals surface area contributed by atoms with Crippen LogP contribution in [0.5, 0.6) is 0 Å². The summed E-state index contributed by atoms with van der Waals surface area (Å²) in [5.74, 6) is 0. The Balaban J connectivity index is 2.13. The van der Waals surface area contributed by atoms with Gasteiger partial charge in [-0.05, 0) is 0 Å². The van der Waals surface area contributed by atoms with Crippen LogP contribution in [0.3, 0.4) is 0 Å². The van der Waals surface area contributed by atoms with E-state index in [4.69, 9.17) is 14.6 Å². The van der Waals surface area contributed by atoms with Gasteiger partial charge in [0.2, 0.25) is 6.29 Å². The molecule has 2 heterocycles. The van der Waals surface area contributed by atoms with Crippen molar-refractivity contribution in [3.8, 4) is 0 Å². The van der Waals surface area contributed by atoms with Crippen molar-refractivity contribution >= 4 is 6.02 Å². The summed E-state index contributed by atoms with van der Waals surface area (Å²) in [7, 11) is 1.53. The summed E-state index contributed by atoms with van der Waals surface area (Å²) in [4.78, 5) is 3.77. The topological polar surface area (TPSA) is 104 Å². The SMILES string of the molecule is CN=C1N[C@H]2[C@@H](O1)O[C@H](CO)[C@@H](O)[C@@H]2O. The van der Waals surface area contributed by atoms with E-state index in [1.807, 2.05) is 0 Å². The van der Waals surface area contributed by atoms with Crippen molar-refractivity contribution < 1.29 is 24.8 Å². The standard InChI is InChI=1S/C8H14N2O5/c1-9-8-10-4-6(13)5(12)3(2-11)14-7(4)15-8/h3-7,11-13H,2H2,1H3,(H,9,10)/t3-,4-,5-,6-,7-/m1/s1. The van der Waals surface area contributed by atoms with Gasteiger partial charge < -0.3 is 30.1 Å². The Bertz CT molecular complexity index is 272. The lowest BCUT2D eigenvalue weighted by Crippen LogP contribution is -2.60. The van der Waals surface area contributed by atoms with E-state index in [9.17, 15) is 10.2 Å². The molecule has 0 bridgehead atoms. The van der Waals surface area contributed by atoms with Crippen LogP contribution < -0.4 is 5.32 Å². The van der Waals surface area contributed by atoms with Gasteiger partial charge >= 0.3 is 0 Å². The lowest BCUT2D eigenvalue weighted by atomic mass is 9.98. The quantitative estimate of drug-likeness (QED) is 0.385. The maximum Gasteiger partial charge on any atom is 0.287 e. The summed E-state index contributed by atoms with van der Waals surface area (Å²) in [6.07, 6.45) is -3.75. The predicted molar refractivity (Wildman–Crippen MR) is 49.1 cm³/mol. The van der Waals surface area contributed by atoms with E-state index < -0.39 is 30.6 Å². The molecule has 2 saturated heterocycles. The monoisotopic (exact) mass is 218 g/mol. The van der Waals surface area contributed by atoms with Crippen molar-refractivity contribution in [1.29, 1.82) is 0 Å². The smallest absolute Gasteiger partial charge is 0.287 e. The molecule has 0 amide bonds. The third-order valence-corrected chi connectivity index (χ3v) is 2.60. The maximum absolute atomic E-state index is 9.72. The number of rotatable bonds is 1. The highest BCUT2D eigenvalue weighted by Gasteiger charge is 2.49. The van der Waals surface area contributed by atoms with E-state index in [2.05, 4.69) is 10.3 Å². The number of amidine groups is 1. The van der Waals surface area contributed by atoms with Crippen LogP contribution in [0.25, 0.3) is 0 Å². The average molecular weight is 218 g/mol. The molecule has 0 radical (unpaired) electrons. The summed E-state index contributed by atoms with van der Waals surface area (Å²) in [6.45, 7) is -0.372. The first-order chi connectivity index (χ1) is 7.17. The second kappa shape index (κ2) is 3.93. The first-order valence-electron chi connectivity index (χ1n) is 4.69. The van der Waals surface area contributed by atoms with Gasteiger partial charge in [0.15, 0.2) is 0 Å². The molecule has 15 heavy (non-hydrogen) atoms. The normalized spacial score (nSPS) is 47.2. The lowest BCUT2D eigenvalue weighted by Gasteiger charge is -2.36. The van der Waals surface area contributed by atoms with Crippen LogP contribution in [-0.2, 0) is 9.47 Å². The van der Waals surface area contributed by atoms with Gasteiger partial charge in [-0.3, -0.25) is 0 Å². The van der Waals surface area contributed by atoms with Crippen LogP contribution in [0, 0.1) is 0 Å². The summed E-state index contributed by atoms with van der Waals surface area (Å²) in [5, 5.41) is 31.0. The van der Waals surface area contributed by atoms with Crippen LogP contribution >= 0.6 is 0 Å². The summed E-state index contributed by atoms with van der Waals surface area (Å²) >= 11 is 0. The number of aliphatic hydroxyl groups is 3. The van der Waals surface area contributed by atoms with Crippen molar-refractivity contribution in [3.63, 3.8) is 0 Å². The molecule has 7 heteroatoms. The van der Waals surface area contributed by atoms with Crippen LogP contribution in [0.15, 0.2) is 4.99 Å². The van der Waals surface area contributed by atoms with E-state index in [1.165, 1.54) is 7.05 Å². The number of ether oxygens (including phenoxy) is 2. The van der Waals surface area contributed by atoms with Crippen LogP contribution in [0.4, 0.5) is 0 Å². The van der Waals surface area contributed by atoms with Crippen molar-refractivity contribution in [2.75, 3.05) is 13.7 Å². The van der Waals surface area contributed by atoms with Gasteiger partial charge in [0.1, 0.15) is 24.4 Å². The number of nitrogens with one attached hydrogen (secondary N) is 1. The van der Waals surface area contributed by atoms with Gasteiger partial charge in [-0.2, -0.15) is 0 Å². The highest BCUT2D eigenvalue weighted by molar-refractivity contribution is 5.76. The van der Waals surface area contributed by atoms with Crippen LogP contribution in [-0.4, -0.2) is 65.6 Å². The zero-order valence-corrected chi connectivity index (χ0v) is 8.20. The molecular weight excluding hydrogens is 204 g/mol. The summed E-state index contributed by atoms with van der Waals surface area (Å²) < 4.78 is 10.4. The minimum absolute atomic E-state index is 0.259. The second-order valence-electron chi connectivity index (χ2n) is 3.52. The lowest BCUT2D eigenvalue weighted by molar-refractivity contribution is -0.233. The molecule has 0 unspecified atom stereocenters. The first kappa shape index (κ1) is 10.6. The molecule has 2 fully saturated rings. The van der Waals surface area contributed by atoms with Gasteiger partial charge in [-0.15, -0.1) is 0 Å². The van der Waals surface area contributed by atoms with E-state index in [-0.39, 0.29) is 12.6 Å². The molecular formula is C8H14N2O5. The first-order valence-corrected chi connectivity index (χ1v) is 4.69. The predicted octanol–water partition coefficient (Wildman–Crippen LogP) is -2.60. The molecule has 0 saturated carbocycles. The number of hydrogen-bond donors (Lipinski definition) is 4. The molecule has 0 spiro atoms. The fourth-order valence-corrected chi connectivity index (χ4v) is 1.74. The molecule has 2 aliphatic heterocycles. The number of hydrogen-bond acceptors (Lipinski definition) is 6. The third-order valence-electron chi connectivity index (χ3n) is 2.60. The molecule has 86 valence electrons. The van der Waals surface area contributed by atoms with E-state index in [0.717, 1.165) is 0 Å². The molecule has 0 aliphatic carbocycles. The Morgan fingerprint density at radius 1 is 1.40 bits per heavy atom. The van der Waals surface area contributed by atoms with E-state index in [0.29, 0.717) is 0 Å².